The van der Waals surface area contributed by atoms with Crippen molar-refractivity contribution in [2.24, 2.45) is 5.92 Å². The van der Waals surface area contributed by atoms with E-state index >= 15 is 0 Å². The molecule has 6 nitrogen and oxygen atoms in total. The van der Waals surface area contributed by atoms with E-state index < -0.39 is 10.0 Å². The number of nitrogens with one attached hydrogen (secondary N) is 1. The predicted octanol–water partition coefficient (Wildman–Crippen LogP) is 1.51. The summed E-state index contributed by atoms with van der Waals surface area (Å²) in [4.78, 5) is 2.53. The van der Waals surface area contributed by atoms with Crippen molar-refractivity contribution in [2.45, 2.75) is 56.4 Å². The van der Waals surface area contributed by atoms with Crippen molar-refractivity contribution in [2.75, 3.05) is 19.6 Å². The molecule has 7 heteroatoms. The lowest BCUT2D eigenvalue weighted by molar-refractivity contribution is 0.120. The highest BCUT2D eigenvalue weighted by Gasteiger charge is 2.35. The quantitative estimate of drug-likeness (QED) is 0.818. The maximum Gasteiger partial charge on any atom is 0.214 e. The van der Waals surface area contributed by atoms with E-state index in [0.717, 1.165) is 38.3 Å². The molecular formula is C16H26N4O2S. The van der Waals surface area contributed by atoms with Gasteiger partial charge in [0.15, 0.2) is 0 Å². The molecule has 1 aromatic heterocycles. The molecule has 1 atom stereocenters. The molecular weight excluding hydrogens is 312 g/mol. The molecule has 3 aliphatic rings. The van der Waals surface area contributed by atoms with Crippen LogP contribution in [0.15, 0.2) is 12.3 Å². The third kappa shape index (κ3) is 3.46. The Kier molecular flexibility index (Phi) is 4.19. The molecule has 1 N–H and O–H groups in total. The van der Waals surface area contributed by atoms with Gasteiger partial charge in [-0.15, -0.1) is 0 Å². The van der Waals surface area contributed by atoms with Crippen LogP contribution in [-0.2, 0) is 16.6 Å². The molecule has 2 heterocycles. The van der Waals surface area contributed by atoms with Gasteiger partial charge in [0, 0.05) is 32.4 Å². The van der Waals surface area contributed by atoms with Crippen molar-refractivity contribution in [1.29, 1.82) is 0 Å². The van der Waals surface area contributed by atoms with Crippen LogP contribution in [0.5, 0.6) is 0 Å². The smallest absolute Gasteiger partial charge is 0.214 e. The van der Waals surface area contributed by atoms with Gasteiger partial charge in [-0.25, -0.2) is 13.1 Å². The number of fused-ring (bicyclic) bond motifs is 1. The standard InChI is InChI=1S/C16H26N4O2S/c21-23(22,16-4-5-16)18-9-7-15-12-19(10-13-2-1-3-13)11-14-6-8-17-20(14)15/h6,8,13,15-16,18H,1-5,7,9-12H2. The molecule has 1 aliphatic heterocycles. The van der Waals surface area contributed by atoms with Crippen LogP contribution in [0.25, 0.3) is 0 Å². The number of nitrogens with zero attached hydrogens (tertiary/aromatic N) is 3. The Labute approximate surface area is 138 Å². The molecule has 128 valence electrons. The zero-order valence-electron chi connectivity index (χ0n) is 13.5. The molecule has 1 unspecified atom stereocenters. The maximum atomic E-state index is 11.9. The van der Waals surface area contributed by atoms with Gasteiger partial charge in [0.2, 0.25) is 10.0 Å². The Bertz CT molecular complexity index is 649. The van der Waals surface area contributed by atoms with Crippen molar-refractivity contribution < 1.29 is 8.42 Å². The van der Waals surface area contributed by atoms with Crippen LogP contribution >= 0.6 is 0 Å². The fourth-order valence-corrected chi connectivity index (χ4v) is 5.12. The first-order valence-electron chi connectivity index (χ1n) is 8.85. The largest absolute Gasteiger partial charge is 0.295 e. The van der Waals surface area contributed by atoms with Crippen LogP contribution in [0.2, 0.25) is 0 Å². The highest BCUT2D eigenvalue weighted by atomic mass is 32.2. The summed E-state index contributed by atoms with van der Waals surface area (Å²) in [6, 6.07) is 2.37. The van der Waals surface area contributed by atoms with E-state index in [1.165, 1.54) is 31.5 Å². The van der Waals surface area contributed by atoms with E-state index in [4.69, 9.17) is 0 Å². The zero-order chi connectivity index (χ0) is 15.9. The normalized spacial score (nSPS) is 26.0. The van der Waals surface area contributed by atoms with Gasteiger partial charge < -0.3 is 0 Å². The molecule has 4 rings (SSSR count). The first-order chi connectivity index (χ1) is 11.1. The lowest BCUT2D eigenvalue weighted by Gasteiger charge is -2.38. The predicted molar refractivity (Wildman–Crippen MR) is 88.4 cm³/mol. The van der Waals surface area contributed by atoms with Crippen LogP contribution in [0.4, 0.5) is 0 Å². The van der Waals surface area contributed by atoms with E-state index in [1.54, 1.807) is 0 Å². The van der Waals surface area contributed by atoms with E-state index in [2.05, 4.69) is 25.5 Å². The van der Waals surface area contributed by atoms with Crippen LogP contribution in [0.1, 0.15) is 50.3 Å². The van der Waals surface area contributed by atoms with E-state index in [0.29, 0.717) is 6.54 Å². The summed E-state index contributed by atoms with van der Waals surface area (Å²) in [6.45, 7) is 3.65. The van der Waals surface area contributed by atoms with Crippen molar-refractivity contribution in [3.63, 3.8) is 0 Å². The summed E-state index contributed by atoms with van der Waals surface area (Å²) in [5.74, 6) is 0.860. The average Bonchev–Trinajstić information content (AvgIpc) is 3.23. The third-order valence-electron chi connectivity index (χ3n) is 5.44. The van der Waals surface area contributed by atoms with Gasteiger partial charge in [0.25, 0.3) is 0 Å². The van der Waals surface area contributed by atoms with Crippen molar-refractivity contribution in [3.05, 3.63) is 18.0 Å². The number of hydrogen-bond donors (Lipinski definition) is 1. The summed E-state index contributed by atoms with van der Waals surface area (Å²) in [5.41, 5.74) is 1.26. The minimum Gasteiger partial charge on any atom is -0.295 e. The van der Waals surface area contributed by atoms with Crippen molar-refractivity contribution >= 4 is 10.0 Å². The molecule has 0 radical (unpaired) electrons. The molecule has 0 amide bonds. The molecule has 0 saturated heterocycles. The van der Waals surface area contributed by atoms with Gasteiger partial charge in [-0.1, -0.05) is 6.42 Å². The number of hydrogen-bond acceptors (Lipinski definition) is 4. The Morgan fingerprint density at radius 2 is 2.09 bits per heavy atom. The monoisotopic (exact) mass is 338 g/mol. The van der Waals surface area contributed by atoms with Crippen LogP contribution in [-0.4, -0.2) is 48.0 Å². The fraction of sp³-hybridized carbons (Fsp3) is 0.812. The Morgan fingerprint density at radius 3 is 2.78 bits per heavy atom. The highest BCUT2D eigenvalue weighted by molar-refractivity contribution is 7.90. The summed E-state index contributed by atoms with van der Waals surface area (Å²) in [7, 11) is -3.07. The van der Waals surface area contributed by atoms with Gasteiger partial charge in [-0.2, -0.15) is 5.10 Å². The molecule has 0 bridgehead atoms. The lowest BCUT2D eigenvalue weighted by atomic mass is 9.85. The topological polar surface area (TPSA) is 67.2 Å². The molecule has 2 fully saturated rings. The van der Waals surface area contributed by atoms with E-state index in [1.807, 2.05) is 6.20 Å². The number of aromatic nitrogens is 2. The lowest BCUT2D eigenvalue weighted by Crippen LogP contribution is -2.42. The first kappa shape index (κ1) is 15.6. The molecule has 23 heavy (non-hydrogen) atoms. The molecule has 0 aromatic carbocycles. The molecule has 1 aromatic rings. The van der Waals surface area contributed by atoms with Crippen LogP contribution < -0.4 is 4.72 Å². The second-order valence-corrected chi connectivity index (χ2v) is 9.38. The van der Waals surface area contributed by atoms with Gasteiger partial charge in [0.1, 0.15) is 0 Å². The van der Waals surface area contributed by atoms with Gasteiger partial charge in [-0.3, -0.25) is 9.58 Å². The molecule has 2 saturated carbocycles. The number of sulfonamides is 1. The van der Waals surface area contributed by atoms with E-state index in [-0.39, 0.29) is 11.3 Å². The van der Waals surface area contributed by atoms with Gasteiger partial charge in [0.05, 0.1) is 17.0 Å². The Hall–Kier alpha value is -0.920. The van der Waals surface area contributed by atoms with Crippen LogP contribution in [0.3, 0.4) is 0 Å². The Balaban J connectivity index is 1.36. The van der Waals surface area contributed by atoms with Crippen molar-refractivity contribution in [3.8, 4) is 0 Å². The summed E-state index contributed by atoms with van der Waals surface area (Å²) < 4.78 is 28.8. The highest BCUT2D eigenvalue weighted by Crippen LogP contribution is 2.31. The number of rotatable bonds is 7. The molecule has 2 aliphatic carbocycles. The molecule has 0 spiro atoms. The minimum absolute atomic E-state index is 0.135. The second-order valence-electron chi connectivity index (χ2n) is 7.34. The summed E-state index contributed by atoms with van der Waals surface area (Å²) in [6.07, 6.45) is 8.41. The maximum absolute atomic E-state index is 11.9. The van der Waals surface area contributed by atoms with Gasteiger partial charge >= 0.3 is 0 Å². The summed E-state index contributed by atoms with van der Waals surface area (Å²) in [5, 5.41) is 4.33. The van der Waals surface area contributed by atoms with Crippen molar-refractivity contribution in [1.82, 2.24) is 19.4 Å². The average molecular weight is 338 g/mol. The van der Waals surface area contributed by atoms with E-state index in [9.17, 15) is 8.42 Å². The zero-order valence-corrected chi connectivity index (χ0v) is 14.3. The third-order valence-corrected chi connectivity index (χ3v) is 7.39. The summed E-state index contributed by atoms with van der Waals surface area (Å²) >= 11 is 0. The second kappa shape index (κ2) is 6.18. The Morgan fingerprint density at radius 1 is 1.26 bits per heavy atom. The fourth-order valence-electron chi connectivity index (χ4n) is 3.72. The first-order valence-corrected chi connectivity index (χ1v) is 10.4. The SMILES string of the molecule is O=S(=O)(NCCC1CN(CC2CCC2)Cc2ccnn21)C1CC1. The van der Waals surface area contributed by atoms with Crippen LogP contribution in [0, 0.1) is 5.92 Å². The minimum atomic E-state index is -3.07. The van der Waals surface area contributed by atoms with Gasteiger partial charge in [-0.05, 0) is 44.1 Å².